The monoisotopic (exact) mass is 216 g/mol. The van der Waals surface area contributed by atoms with Crippen molar-refractivity contribution in [1.82, 2.24) is 0 Å². The third-order valence-electron chi connectivity index (χ3n) is 2.09. The van der Waals surface area contributed by atoms with Crippen molar-refractivity contribution in [2.45, 2.75) is 19.4 Å². The van der Waals surface area contributed by atoms with Crippen LogP contribution in [0, 0.1) is 11.6 Å². The van der Waals surface area contributed by atoms with Crippen molar-refractivity contribution in [2.24, 2.45) is 0 Å². The summed E-state index contributed by atoms with van der Waals surface area (Å²) >= 11 is 0. The number of aliphatic hydroxyl groups is 1. The zero-order valence-electron chi connectivity index (χ0n) is 8.43. The van der Waals surface area contributed by atoms with E-state index in [0.29, 0.717) is 6.42 Å². The Morgan fingerprint density at radius 1 is 1.47 bits per heavy atom. The Morgan fingerprint density at radius 3 is 2.73 bits per heavy atom. The van der Waals surface area contributed by atoms with Crippen LogP contribution in [0.2, 0.25) is 0 Å². The van der Waals surface area contributed by atoms with Gasteiger partial charge in [-0.15, -0.1) is 0 Å². The van der Waals surface area contributed by atoms with Gasteiger partial charge in [-0.3, -0.25) is 0 Å². The second-order valence-electron chi connectivity index (χ2n) is 3.29. The van der Waals surface area contributed by atoms with Crippen LogP contribution in [0.25, 0.3) is 0 Å². The quantitative estimate of drug-likeness (QED) is 0.672. The zero-order chi connectivity index (χ0) is 11.4. The van der Waals surface area contributed by atoms with E-state index < -0.39 is 17.7 Å². The number of nitrogen functional groups attached to an aromatic ring is 1. The van der Waals surface area contributed by atoms with Crippen molar-refractivity contribution in [2.75, 3.05) is 17.6 Å². The van der Waals surface area contributed by atoms with Gasteiger partial charge in [-0.2, -0.15) is 0 Å². The average molecular weight is 216 g/mol. The first-order valence-corrected chi connectivity index (χ1v) is 4.71. The van der Waals surface area contributed by atoms with Crippen LogP contribution in [-0.2, 0) is 0 Å². The Labute approximate surface area is 86.9 Å². The molecule has 0 spiro atoms. The van der Waals surface area contributed by atoms with Crippen molar-refractivity contribution in [3.63, 3.8) is 0 Å². The van der Waals surface area contributed by atoms with Crippen LogP contribution < -0.4 is 11.1 Å². The molecule has 0 radical (unpaired) electrons. The minimum Gasteiger partial charge on any atom is -0.395 e. The molecule has 4 N–H and O–H groups in total. The molecular formula is C10H14F2N2O. The molecular weight excluding hydrogens is 202 g/mol. The summed E-state index contributed by atoms with van der Waals surface area (Å²) in [6, 6.07) is 1.82. The summed E-state index contributed by atoms with van der Waals surface area (Å²) in [4.78, 5) is 0. The van der Waals surface area contributed by atoms with Gasteiger partial charge in [0.05, 0.1) is 17.5 Å². The highest BCUT2D eigenvalue weighted by molar-refractivity contribution is 5.66. The Morgan fingerprint density at radius 2 is 2.13 bits per heavy atom. The highest BCUT2D eigenvalue weighted by Crippen LogP contribution is 2.23. The first-order chi connectivity index (χ1) is 7.04. The topological polar surface area (TPSA) is 58.3 Å². The molecule has 0 saturated heterocycles. The number of halogens is 2. The Hall–Kier alpha value is -1.36. The maximum Gasteiger partial charge on any atom is 0.151 e. The fourth-order valence-electron chi connectivity index (χ4n) is 1.10. The number of nitrogens with two attached hydrogens (primary N) is 1. The van der Waals surface area contributed by atoms with Crippen molar-refractivity contribution in [3.8, 4) is 0 Å². The van der Waals surface area contributed by atoms with E-state index in [2.05, 4.69) is 5.32 Å². The predicted octanol–water partition coefficient (Wildman–Crippen LogP) is 1.73. The number of aliphatic hydroxyl groups excluding tert-OH is 1. The molecule has 1 aromatic carbocycles. The van der Waals surface area contributed by atoms with E-state index >= 15 is 0 Å². The van der Waals surface area contributed by atoms with Gasteiger partial charge in [-0.1, -0.05) is 6.92 Å². The molecule has 1 aromatic rings. The molecule has 5 heteroatoms. The van der Waals surface area contributed by atoms with E-state index in [4.69, 9.17) is 5.73 Å². The van der Waals surface area contributed by atoms with E-state index in [1.807, 2.05) is 6.92 Å². The minimum absolute atomic E-state index is 0.139. The van der Waals surface area contributed by atoms with E-state index in [1.165, 1.54) is 0 Å². The molecule has 0 fully saturated rings. The van der Waals surface area contributed by atoms with Crippen molar-refractivity contribution in [1.29, 1.82) is 0 Å². The number of anilines is 2. The van der Waals surface area contributed by atoms with Gasteiger partial charge in [0.2, 0.25) is 0 Å². The molecule has 3 nitrogen and oxygen atoms in total. The Bertz CT molecular complexity index is 344. The van der Waals surface area contributed by atoms with Crippen LogP contribution in [0.5, 0.6) is 0 Å². The third-order valence-corrected chi connectivity index (χ3v) is 2.09. The Balaban J connectivity index is 2.76. The average Bonchev–Trinajstić information content (AvgIpc) is 2.20. The van der Waals surface area contributed by atoms with E-state index in [-0.39, 0.29) is 17.9 Å². The van der Waals surface area contributed by atoms with Crippen LogP contribution in [0.4, 0.5) is 20.2 Å². The van der Waals surface area contributed by atoms with Gasteiger partial charge in [0, 0.05) is 12.6 Å². The summed E-state index contributed by atoms with van der Waals surface area (Å²) in [6.07, 6.45) is 0.000710. The van der Waals surface area contributed by atoms with Crippen molar-refractivity contribution >= 4 is 11.4 Å². The second kappa shape index (κ2) is 4.93. The van der Waals surface area contributed by atoms with Gasteiger partial charge in [-0.25, -0.2) is 8.78 Å². The molecule has 0 aliphatic carbocycles. The summed E-state index contributed by atoms with van der Waals surface area (Å²) in [5.74, 6) is -1.50. The minimum atomic E-state index is -0.802. The number of hydrogen-bond acceptors (Lipinski definition) is 3. The molecule has 0 saturated carbocycles. The molecule has 0 amide bonds. The summed E-state index contributed by atoms with van der Waals surface area (Å²) in [5.41, 5.74) is 5.42. The molecule has 1 unspecified atom stereocenters. The number of rotatable bonds is 4. The normalized spacial score (nSPS) is 12.5. The summed E-state index contributed by atoms with van der Waals surface area (Å²) in [7, 11) is 0. The van der Waals surface area contributed by atoms with E-state index in [1.54, 1.807) is 0 Å². The number of hydrogen-bond donors (Lipinski definition) is 3. The highest BCUT2D eigenvalue weighted by Gasteiger charge is 2.09. The molecule has 1 rings (SSSR count). The van der Waals surface area contributed by atoms with E-state index in [0.717, 1.165) is 12.1 Å². The lowest BCUT2D eigenvalue weighted by Gasteiger charge is -2.13. The van der Waals surface area contributed by atoms with Gasteiger partial charge in [0.1, 0.15) is 5.82 Å². The first kappa shape index (κ1) is 11.7. The van der Waals surface area contributed by atoms with Crippen LogP contribution >= 0.6 is 0 Å². The molecule has 0 aliphatic rings. The predicted molar refractivity (Wildman–Crippen MR) is 55.6 cm³/mol. The summed E-state index contributed by atoms with van der Waals surface area (Å²) in [5, 5.41) is 11.9. The van der Waals surface area contributed by atoms with Gasteiger partial charge < -0.3 is 16.2 Å². The van der Waals surface area contributed by atoms with Crippen molar-refractivity contribution < 1.29 is 13.9 Å². The van der Waals surface area contributed by atoms with Gasteiger partial charge in [-0.05, 0) is 12.5 Å². The SMILES string of the molecule is CCC(O)CNc1cc(F)cc(F)c1N. The second-order valence-corrected chi connectivity index (χ2v) is 3.29. The van der Waals surface area contributed by atoms with E-state index in [9.17, 15) is 13.9 Å². The number of benzene rings is 1. The van der Waals surface area contributed by atoms with Gasteiger partial charge >= 0.3 is 0 Å². The highest BCUT2D eigenvalue weighted by atomic mass is 19.1. The largest absolute Gasteiger partial charge is 0.395 e. The summed E-state index contributed by atoms with van der Waals surface area (Å²) < 4.78 is 25.8. The third kappa shape index (κ3) is 3.06. The standard InChI is InChI=1S/C10H14F2N2O/c1-2-7(15)5-14-9-4-6(11)3-8(12)10(9)13/h3-4,7,14-15H,2,5,13H2,1H3. The lowest BCUT2D eigenvalue weighted by atomic mass is 10.2. The molecule has 0 bridgehead atoms. The van der Waals surface area contributed by atoms with Crippen LogP contribution in [0.3, 0.4) is 0 Å². The lowest BCUT2D eigenvalue weighted by molar-refractivity contribution is 0.183. The maximum atomic E-state index is 13.0. The molecule has 15 heavy (non-hydrogen) atoms. The van der Waals surface area contributed by atoms with Gasteiger partial charge in [0.15, 0.2) is 5.82 Å². The van der Waals surface area contributed by atoms with Gasteiger partial charge in [0.25, 0.3) is 0 Å². The Kier molecular flexibility index (Phi) is 3.85. The summed E-state index contributed by atoms with van der Waals surface area (Å²) in [6.45, 7) is 2.02. The molecule has 0 heterocycles. The van der Waals surface area contributed by atoms with Crippen LogP contribution in [-0.4, -0.2) is 17.8 Å². The first-order valence-electron chi connectivity index (χ1n) is 4.71. The maximum absolute atomic E-state index is 13.0. The fourth-order valence-corrected chi connectivity index (χ4v) is 1.10. The lowest BCUT2D eigenvalue weighted by Crippen LogP contribution is -2.19. The van der Waals surface area contributed by atoms with Crippen LogP contribution in [0.15, 0.2) is 12.1 Å². The smallest absolute Gasteiger partial charge is 0.151 e. The van der Waals surface area contributed by atoms with Crippen LogP contribution in [0.1, 0.15) is 13.3 Å². The zero-order valence-corrected chi connectivity index (χ0v) is 8.43. The fraction of sp³-hybridized carbons (Fsp3) is 0.400. The molecule has 1 atom stereocenters. The number of nitrogens with one attached hydrogen (secondary N) is 1. The van der Waals surface area contributed by atoms with Crippen molar-refractivity contribution in [3.05, 3.63) is 23.8 Å². The molecule has 0 aromatic heterocycles. The molecule has 0 aliphatic heterocycles. The molecule has 84 valence electrons.